The van der Waals surface area contributed by atoms with E-state index >= 15 is 0 Å². The minimum absolute atomic E-state index is 0.161. The normalized spacial score (nSPS) is 15.7. The molecule has 116 valence electrons. The Morgan fingerprint density at radius 3 is 2.59 bits per heavy atom. The van der Waals surface area contributed by atoms with Crippen LogP contribution in [0.3, 0.4) is 0 Å². The highest BCUT2D eigenvalue weighted by Crippen LogP contribution is 2.16. The summed E-state index contributed by atoms with van der Waals surface area (Å²) in [6, 6.07) is 8.09. The number of hydrogen-bond acceptors (Lipinski definition) is 3. The summed E-state index contributed by atoms with van der Waals surface area (Å²) in [5, 5.41) is 9.47. The number of nitrogens with zero attached hydrogens (tertiary/aromatic N) is 2. The van der Waals surface area contributed by atoms with Crippen molar-refractivity contribution in [1.29, 1.82) is 0 Å². The van der Waals surface area contributed by atoms with Crippen LogP contribution in [0.5, 0.6) is 0 Å². The lowest BCUT2D eigenvalue weighted by Gasteiger charge is -2.26. The Kier molecular flexibility index (Phi) is 5.09. The van der Waals surface area contributed by atoms with Gasteiger partial charge in [0.1, 0.15) is 5.69 Å². The van der Waals surface area contributed by atoms with Crippen molar-refractivity contribution in [3.63, 3.8) is 0 Å². The summed E-state index contributed by atoms with van der Waals surface area (Å²) in [6.07, 6.45) is 5.60. The molecule has 2 heterocycles. The molecule has 6 heteroatoms. The first-order valence-corrected chi connectivity index (χ1v) is 8.62. The maximum atomic E-state index is 12.1. The molecule has 1 aliphatic rings. The van der Waals surface area contributed by atoms with E-state index in [0.29, 0.717) is 5.69 Å². The number of anilines is 1. The number of likely N-dealkylation sites (tertiary alicyclic amines) is 1. The van der Waals surface area contributed by atoms with Crippen LogP contribution in [0.1, 0.15) is 35.3 Å². The van der Waals surface area contributed by atoms with Crippen molar-refractivity contribution in [3.8, 4) is 0 Å². The summed E-state index contributed by atoms with van der Waals surface area (Å²) in [7, 11) is 0. The van der Waals surface area contributed by atoms with Crippen LogP contribution in [0.15, 0.2) is 30.5 Å². The van der Waals surface area contributed by atoms with Crippen molar-refractivity contribution in [1.82, 2.24) is 15.1 Å². The molecule has 1 fully saturated rings. The number of carbonyl (C=O) groups is 1. The van der Waals surface area contributed by atoms with Crippen LogP contribution in [-0.2, 0) is 6.54 Å². The lowest BCUT2D eigenvalue weighted by molar-refractivity contribution is 0.102. The van der Waals surface area contributed by atoms with E-state index in [2.05, 4.69) is 55.1 Å². The second kappa shape index (κ2) is 7.23. The maximum absolute atomic E-state index is 12.1. The summed E-state index contributed by atoms with van der Waals surface area (Å²) in [6.45, 7) is 3.38. The number of benzene rings is 1. The maximum Gasteiger partial charge on any atom is 0.274 e. The number of nitrogens with one attached hydrogen (secondary N) is 2. The van der Waals surface area contributed by atoms with Crippen LogP contribution in [0, 0.1) is 3.57 Å². The molecule has 2 N–H and O–H groups in total. The van der Waals surface area contributed by atoms with Crippen molar-refractivity contribution in [2.45, 2.75) is 25.8 Å². The number of carbonyl (C=O) groups excluding carboxylic acids is 1. The molecule has 0 unspecified atom stereocenters. The van der Waals surface area contributed by atoms with Gasteiger partial charge in [0.15, 0.2) is 0 Å². The third-order valence-electron chi connectivity index (χ3n) is 3.89. The fourth-order valence-electron chi connectivity index (χ4n) is 2.69. The van der Waals surface area contributed by atoms with E-state index in [9.17, 15) is 4.79 Å². The Morgan fingerprint density at radius 2 is 1.95 bits per heavy atom. The van der Waals surface area contributed by atoms with Gasteiger partial charge >= 0.3 is 0 Å². The number of halogens is 1. The second-order valence-corrected chi connectivity index (χ2v) is 6.74. The molecule has 0 radical (unpaired) electrons. The molecule has 3 rings (SSSR count). The van der Waals surface area contributed by atoms with E-state index < -0.39 is 0 Å². The molecule has 1 aromatic carbocycles. The Morgan fingerprint density at radius 1 is 1.23 bits per heavy atom. The molecular formula is C16H19IN4O. The van der Waals surface area contributed by atoms with Gasteiger partial charge in [-0.1, -0.05) is 18.6 Å². The molecular weight excluding hydrogens is 391 g/mol. The third kappa shape index (κ3) is 3.86. The highest BCUT2D eigenvalue weighted by molar-refractivity contribution is 14.1. The van der Waals surface area contributed by atoms with Crippen molar-refractivity contribution in [3.05, 3.63) is 45.3 Å². The first-order chi connectivity index (χ1) is 10.7. The van der Waals surface area contributed by atoms with Gasteiger partial charge in [-0.05, 0) is 66.2 Å². The number of rotatable bonds is 4. The zero-order valence-electron chi connectivity index (χ0n) is 12.3. The summed E-state index contributed by atoms with van der Waals surface area (Å²) in [5.41, 5.74) is 2.59. The lowest BCUT2D eigenvalue weighted by atomic mass is 10.1. The van der Waals surface area contributed by atoms with Crippen molar-refractivity contribution in [2.75, 3.05) is 18.4 Å². The minimum atomic E-state index is -0.161. The molecule has 0 atom stereocenters. The third-order valence-corrected chi connectivity index (χ3v) is 4.70. The smallest absolute Gasteiger partial charge is 0.274 e. The number of aromatic amines is 1. The summed E-state index contributed by atoms with van der Waals surface area (Å²) < 4.78 is 0.816. The van der Waals surface area contributed by atoms with Gasteiger partial charge in [0.05, 0.1) is 9.77 Å². The van der Waals surface area contributed by atoms with Crippen LogP contribution in [-0.4, -0.2) is 34.1 Å². The van der Waals surface area contributed by atoms with Crippen LogP contribution in [0.25, 0.3) is 0 Å². The first kappa shape index (κ1) is 15.5. The average molecular weight is 410 g/mol. The van der Waals surface area contributed by atoms with Crippen molar-refractivity contribution >= 4 is 34.2 Å². The van der Waals surface area contributed by atoms with Gasteiger partial charge in [0.2, 0.25) is 0 Å². The highest BCUT2D eigenvalue weighted by atomic mass is 127. The van der Waals surface area contributed by atoms with E-state index in [1.165, 1.54) is 37.9 Å². The second-order valence-electron chi connectivity index (χ2n) is 5.58. The molecule has 5 nitrogen and oxygen atoms in total. The molecule has 1 aromatic heterocycles. The number of amides is 1. The minimum Gasteiger partial charge on any atom is -0.321 e. The topological polar surface area (TPSA) is 61.0 Å². The van der Waals surface area contributed by atoms with Crippen LogP contribution in [0.2, 0.25) is 0 Å². The fraction of sp³-hybridized carbons (Fsp3) is 0.375. The quantitative estimate of drug-likeness (QED) is 0.761. The van der Waals surface area contributed by atoms with E-state index in [4.69, 9.17) is 0 Å². The predicted octanol–water partition coefficient (Wildman–Crippen LogP) is 3.25. The summed E-state index contributed by atoms with van der Waals surface area (Å²) in [5.74, 6) is -0.161. The van der Waals surface area contributed by atoms with Crippen LogP contribution < -0.4 is 5.32 Å². The molecule has 0 bridgehead atoms. The first-order valence-electron chi connectivity index (χ1n) is 7.54. The molecule has 0 aliphatic carbocycles. The summed E-state index contributed by atoms with van der Waals surface area (Å²) in [4.78, 5) is 14.6. The van der Waals surface area contributed by atoms with Gasteiger partial charge in [0, 0.05) is 12.2 Å². The largest absolute Gasteiger partial charge is 0.321 e. The zero-order chi connectivity index (χ0) is 15.4. The standard InChI is InChI=1S/C16H19IN4O/c17-14-10-18-20-15(14)16(22)19-13-6-4-12(5-7-13)11-21-8-2-1-3-9-21/h4-7,10H,1-3,8-9,11H2,(H,18,20)(H,19,22). The Balaban J connectivity index is 1.59. The van der Waals surface area contributed by atoms with Crippen LogP contribution in [0.4, 0.5) is 5.69 Å². The Bertz CT molecular complexity index is 632. The van der Waals surface area contributed by atoms with Gasteiger partial charge in [0.25, 0.3) is 5.91 Å². The van der Waals surface area contributed by atoms with Gasteiger partial charge < -0.3 is 5.32 Å². The van der Waals surface area contributed by atoms with E-state index in [1.54, 1.807) is 6.20 Å². The van der Waals surface area contributed by atoms with Gasteiger partial charge in [-0.2, -0.15) is 5.10 Å². The van der Waals surface area contributed by atoms with E-state index in [-0.39, 0.29) is 5.91 Å². The van der Waals surface area contributed by atoms with Crippen LogP contribution >= 0.6 is 22.6 Å². The Hall–Kier alpha value is -1.41. The number of aromatic nitrogens is 2. The van der Waals surface area contributed by atoms with E-state index in [1.807, 2.05) is 12.1 Å². The average Bonchev–Trinajstić information content (AvgIpc) is 2.96. The number of piperidine rings is 1. The van der Waals surface area contributed by atoms with Gasteiger partial charge in [-0.25, -0.2) is 0 Å². The fourth-order valence-corrected chi connectivity index (χ4v) is 3.20. The van der Waals surface area contributed by atoms with Gasteiger partial charge in [-0.3, -0.25) is 14.8 Å². The zero-order valence-corrected chi connectivity index (χ0v) is 14.5. The molecule has 0 spiro atoms. The molecule has 22 heavy (non-hydrogen) atoms. The highest BCUT2D eigenvalue weighted by Gasteiger charge is 2.13. The van der Waals surface area contributed by atoms with Gasteiger partial charge in [-0.15, -0.1) is 0 Å². The van der Waals surface area contributed by atoms with E-state index in [0.717, 1.165) is 15.8 Å². The number of H-pyrrole nitrogens is 1. The molecule has 1 saturated heterocycles. The van der Waals surface area contributed by atoms with Crippen molar-refractivity contribution in [2.24, 2.45) is 0 Å². The molecule has 0 saturated carbocycles. The number of hydrogen-bond donors (Lipinski definition) is 2. The predicted molar refractivity (Wildman–Crippen MR) is 94.8 cm³/mol. The van der Waals surface area contributed by atoms with Crippen molar-refractivity contribution < 1.29 is 4.79 Å². The SMILES string of the molecule is O=C(Nc1ccc(CN2CCCCC2)cc1)c1[nH]ncc1I. The molecule has 2 aromatic rings. The molecule has 1 aliphatic heterocycles. The lowest BCUT2D eigenvalue weighted by Crippen LogP contribution is -2.29. The Labute approximate surface area is 143 Å². The monoisotopic (exact) mass is 410 g/mol. The summed E-state index contributed by atoms with van der Waals surface area (Å²) >= 11 is 2.09. The molecule has 1 amide bonds.